The van der Waals surface area contributed by atoms with Gasteiger partial charge < -0.3 is 14.9 Å². The molecule has 0 radical (unpaired) electrons. The maximum Gasteiger partial charge on any atom is 0.340 e. The lowest BCUT2D eigenvalue weighted by Gasteiger charge is -2.07. The van der Waals surface area contributed by atoms with E-state index in [1.165, 1.54) is 6.21 Å². The molecular weight excluding hydrogens is 304 g/mol. The third-order valence-corrected chi connectivity index (χ3v) is 3.50. The molecule has 0 aliphatic carbocycles. The molecule has 2 rings (SSSR count). The van der Waals surface area contributed by atoms with Gasteiger partial charge in [0.25, 0.3) is 0 Å². The fourth-order valence-electron chi connectivity index (χ4n) is 2.38. The molecular formula is C16H17ClN2O3. The summed E-state index contributed by atoms with van der Waals surface area (Å²) in [4.78, 5) is 15.2. The van der Waals surface area contributed by atoms with Gasteiger partial charge >= 0.3 is 5.97 Å². The summed E-state index contributed by atoms with van der Waals surface area (Å²) in [5, 5.41) is 12.5. The van der Waals surface area contributed by atoms with E-state index in [2.05, 4.69) is 10.1 Å². The minimum Gasteiger partial charge on any atom is -0.462 e. The van der Waals surface area contributed by atoms with E-state index >= 15 is 0 Å². The van der Waals surface area contributed by atoms with Crippen LogP contribution in [0.1, 0.15) is 39.8 Å². The fraction of sp³-hybridized carbons (Fsp3) is 0.250. The first kappa shape index (κ1) is 16.1. The predicted molar refractivity (Wildman–Crippen MR) is 85.1 cm³/mol. The number of hydrogen-bond acceptors (Lipinski definition) is 4. The van der Waals surface area contributed by atoms with Crippen LogP contribution in [0.4, 0.5) is 0 Å². The van der Waals surface area contributed by atoms with E-state index in [-0.39, 0.29) is 0 Å². The molecule has 6 heteroatoms. The highest BCUT2D eigenvalue weighted by Gasteiger charge is 2.21. The molecule has 116 valence electrons. The van der Waals surface area contributed by atoms with Gasteiger partial charge in [0, 0.05) is 17.1 Å². The Balaban J connectivity index is 2.48. The molecule has 0 saturated carbocycles. The first-order valence-corrected chi connectivity index (χ1v) is 7.25. The van der Waals surface area contributed by atoms with Crippen LogP contribution in [0.25, 0.3) is 0 Å². The number of hydrogen-bond donors (Lipinski definition) is 2. The maximum atomic E-state index is 12.2. The molecule has 0 atom stereocenters. The molecule has 2 aromatic rings. The maximum absolute atomic E-state index is 12.2. The number of carbonyl (C=O) groups is 1. The molecule has 0 spiro atoms. The molecule has 0 aliphatic heterocycles. The molecule has 1 aromatic heterocycles. The highest BCUT2D eigenvalue weighted by atomic mass is 35.5. The van der Waals surface area contributed by atoms with Crippen molar-refractivity contribution < 1.29 is 14.7 Å². The number of benzene rings is 1. The third kappa shape index (κ3) is 3.49. The second kappa shape index (κ2) is 7.13. The van der Waals surface area contributed by atoms with Crippen molar-refractivity contribution in [1.82, 2.24) is 4.98 Å². The average molecular weight is 321 g/mol. The Bertz CT molecular complexity index is 707. The normalized spacial score (nSPS) is 11.0. The zero-order chi connectivity index (χ0) is 16.1. The van der Waals surface area contributed by atoms with Gasteiger partial charge in [0.1, 0.15) is 0 Å². The Morgan fingerprint density at radius 2 is 2.27 bits per heavy atom. The van der Waals surface area contributed by atoms with Crippen molar-refractivity contribution in [3.05, 3.63) is 57.4 Å². The van der Waals surface area contributed by atoms with Crippen molar-refractivity contribution in [3.63, 3.8) is 0 Å². The molecule has 0 unspecified atom stereocenters. The van der Waals surface area contributed by atoms with Crippen molar-refractivity contribution in [2.24, 2.45) is 5.16 Å². The van der Waals surface area contributed by atoms with E-state index < -0.39 is 5.97 Å². The van der Waals surface area contributed by atoms with Gasteiger partial charge in [-0.15, -0.1) is 0 Å². The Kier molecular flexibility index (Phi) is 5.22. The van der Waals surface area contributed by atoms with Gasteiger partial charge in [-0.1, -0.05) is 28.9 Å². The van der Waals surface area contributed by atoms with Crippen LogP contribution < -0.4 is 0 Å². The number of aromatic nitrogens is 1. The van der Waals surface area contributed by atoms with Crippen molar-refractivity contribution in [3.8, 4) is 0 Å². The van der Waals surface area contributed by atoms with Crippen LogP contribution in [0.3, 0.4) is 0 Å². The number of nitrogens with one attached hydrogen (secondary N) is 1. The number of esters is 1. The van der Waals surface area contributed by atoms with Gasteiger partial charge in [0.2, 0.25) is 0 Å². The van der Waals surface area contributed by atoms with E-state index in [0.29, 0.717) is 35.0 Å². The fourth-order valence-corrected chi connectivity index (χ4v) is 2.60. The predicted octanol–water partition coefficient (Wildman–Crippen LogP) is 3.55. The molecule has 22 heavy (non-hydrogen) atoms. The summed E-state index contributed by atoms with van der Waals surface area (Å²) >= 11 is 6.00. The highest BCUT2D eigenvalue weighted by molar-refractivity contribution is 6.30. The summed E-state index contributed by atoms with van der Waals surface area (Å²) in [6.07, 6.45) is 1.75. The van der Waals surface area contributed by atoms with E-state index in [9.17, 15) is 4.79 Å². The number of oxime groups is 1. The minimum absolute atomic E-state index is 0.295. The van der Waals surface area contributed by atoms with Crippen LogP contribution in [0.5, 0.6) is 0 Å². The molecule has 0 saturated heterocycles. The quantitative estimate of drug-likeness (QED) is 0.383. The topological polar surface area (TPSA) is 74.7 Å². The number of H-pyrrole nitrogens is 1. The highest BCUT2D eigenvalue weighted by Crippen LogP contribution is 2.23. The van der Waals surface area contributed by atoms with Gasteiger partial charge in [-0.05, 0) is 37.1 Å². The number of aryl methyl sites for hydroxylation is 1. The molecule has 1 heterocycles. The Labute approximate surface area is 133 Å². The number of rotatable bonds is 5. The Hall–Kier alpha value is -2.27. The van der Waals surface area contributed by atoms with Crippen LogP contribution in [0.2, 0.25) is 5.02 Å². The number of ether oxygens (including phenoxy) is 1. The van der Waals surface area contributed by atoms with E-state index in [1.807, 2.05) is 18.2 Å². The summed E-state index contributed by atoms with van der Waals surface area (Å²) in [5.74, 6) is -0.397. The second-order valence-corrected chi connectivity index (χ2v) is 5.23. The molecule has 0 fully saturated rings. The lowest BCUT2D eigenvalue weighted by Crippen LogP contribution is -2.09. The number of nitrogens with zero attached hydrogens (tertiary/aromatic N) is 1. The van der Waals surface area contributed by atoms with Gasteiger partial charge in [-0.25, -0.2) is 4.79 Å². The van der Waals surface area contributed by atoms with Gasteiger partial charge in [0.15, 0.2) is 0 Å². The molecule has 0 bridgehead atoms. The summed E-state index contributed by atoms with van der Waals surface area (Å²) in [6, 6.07) is 7.39. The zero-order valence-corrected chi connectivity index (χ0v) is 13.1. The molecule has 2 N–H and O–H groups in total. The van der Waals surface area contributed by atoms with Crippen LogP contribution >= 0.6 is 11.6 Å². The largest absolute Gasteiger partial charge is 0.462 e. The third-order valence-electron chi connectivity index (χ3n) is 3.26. The van der Waals surface area contributed by atoms with Crippen molar-refractivity contribution in [2.75, 3.05) is 6.61 Å². The van der Waals surface area contributed by atoms with Crippen LogP contribution in [-0.4, -0.2) is 29.0 Å². The summed E-state index contributed by atoms with van der Waals surface area (Å²) in [7, 11) is 0. The van der Waals surface area contributed by atoms with Crippen LogP contribution in [0, 0.1) is 6.92 Å². The first-order valence-electron chi connectivity index (χ1n) is 6.87. The molecule has 5 nitrogen and oxygen atoms in total. The first-order chi connectivity index (χ1) is 10.6. The van der Waals surface area contributed by atoms with Gasteiger partial charge in [0.05, 0.1) is 24.1 Å². The summed E-state index contributed by atoms with van der Waals surface area (Å²) in [6.45, 7) is 3.83. The van der Waals surface area contributed by atoms with E-state index in [1.54, 1.807) is 19.9 Å². The van der Waals surface area contributed by atoms with Crippen LogP contribution in [-0.2, 0) is 11.2 Å². The summed E-state index contributed by atoms with van der Waals surface area (Å²) < 4.78 is 5.11. The van der Waals surface area contributed by atoms with Crippen molar-refractivity contribution in [2.45, 2.75) is 20.3 Å². The van der Waals surface area contributed by atoms with Crippen molar-refractivity contribution in [1.29, 1.82) is 0 Å². The summed E-state index contributed by atoms with van der Waals surface area (Å²) in [5.41, 5.74) is 3.38. The number of aromatic amines is 1. The lowest BCUT2D eigenvalue weighted by molar-refractivity contribution is 0.0524. The number of carbonyl (C=O) groups excluding carboxylic acids is 1. The minimum atomic E-state index is -0.397. The second-order valence-electron chi connectivity index (χ2n) is 4.79. The molecule has 0 amide bonds. The number of halogens is 1. The standard InChI is InChI=1S/C16H17ClN2O3/c1-3-22-16(20)15-10(2)19-14(9-18-21)13(15)8-11-5-4-6-12(17)7-11/h4-7,9,19,21H,3,8H2,1-2H3/b18-9-. The van der Waals surface area contributed by atoms with Gasteiger partial charge in [-0.2, -0.15) is 0 Å². The van der Waals surface area contributed by atoms with E-state index in [4.69, 9.17) is 21.5 Å². The smallest absolute Gasteiger partial charge is 0.340 e. The van der Waals surface area contributed by atoms with E-state index in [0.717, 1.165) is 11.1 Å². The zero-order valence-electron chi connectivity index (χ0n) is 12.4. The molecule has 0 aliphatic rings. The lowest BCUT2D eigenvalue weighted by atomic mass is 10.0. The monoisotopic (exact) mass is 320 g/mol. The van der Waals surface area contributed by atoms with Crippen LogP contribution in [0.15, 0.2) is 29.4 Å². The Morgan fingerprint density at radius 3 is 2.91 bits per heavy atom. The SMILES string of the molecule is CCOC(=O)c1c(C)[nH]c(/C=N\O)c1Cc1cccc(Cl)c1. The van der Waals surface area contributed by atoms with Crippen molar-refractivity contribution >= 4 is 23.8 Å². The molecule has 1 aromatic carbocycles. The average Bonchev–Trinajstić information content (AvgIpc) is 2.75. The Morgan fingerprint density at radius 1 is 1.50 bits per heavy atom. The van der Waals surface area contributed by atoms with Gasteiger partial charge in [-0.3, -0.25) is 0 Å².